The summed E-state index contributed by atoms with van der Waals surface area (Å²) in [6, 6.07) is 6.80. The highest BCUT2D eigenvalue weighted by Gasteiger charge is 2.20. The largest absolute Gasteiger partial charge is 0.481 e. The fourth-order valence-corrected chi connectivity index (χ4v) is 3.86. The Labute approximate surface area is 187 Å². The second-order valence-electron chi connectivity index (χ2n) is 8.71. The Bertz CT molecular complexity index is 876. The van der Waals surface area contributed by atoms with Gasteiger partial charge in [-0.15, -0.1) is 0 Å². The van der Waals surface area contributed by atoms with Crippen LogP contribution in [0, 0.1) is 17.8 Å². The lowest BCUT2D eigenvalue weighted by atomic mass is 10.1. The van der Waals surface area contributed by atoms with E-state index in [9.17, 15) is 13.2 Å². The van der Waals surface area contributed by atoms with E-state index in [1.807, 2.05) is 21.1 Å². The molecule has 0 saturated carbocycles. The van der Waals surface area contributed by atoms with Crippen LogP contribution in [-0.2, 0) is 15.0 Å². The lowest BCUT2D eigenvalue weighted by molar-refractivity contribution is -0.872. The standard InChI is InChI=1S/C23H35N3O4S/c1-5-6-7-8-9-10-11-12-20-13-15-22(16-14-20)25-31(29,30)24-18-21(17-23(27)28)19-26(2,3)4/h13-16,18,21,25H,5-10,17,19H2,1-4H3/p+1/b24-18+. The Morgan fingerprint density at radius 2 is 1.81 bits per heavy atom. The van der Waals surface area contributed by atoms with Crippen LogP contribution in [0.15, 0.2) is 28.7 Å². The summed E-state index contributed by atoms with van der Waals surface area (Å²) in [6.45, 7) is 2.65. The first-order valence-electron chi connectivity index (χ1n) is 10.7. The Morgan fingerprint density at radius 1 is 1.16 bits per heavy atom. The summed E-state index contributed by atoms with van der Waals surface area (Å²) in [5, 5.41) is 9.05. The van der Waals surface area contributed by atoms with Crippen LogP contribution >= 0.6 is 0 Å². The van der Waals surface area contributed by atoms with Crippen LogP contribution in [0.2, 0.25) is 0 Å². The number of quaternary nitrogens is 1. The highest BCUT2D eigenvalue weighted by Crippen LogP contribution is 2.13. The predicted molar refractivity (Wildman–Crippen MR) is 126 cm³/mol. The van der Waals surface area contributed by atoms with Crippen molar-refractivity contribution in [3.8, 4) is 11.8 Å². The van der Waals surface area contributed by atoms with Gasteiger partial charge in [0.1, 0.15) is 0 Å². The second kappa shape index (κ2) is 13.1. The molecule has 1 rings (SSSR count). The van der Waals surface area contributed by atoms with Gasteiger partial charge >= 0.3 is 16.2 Å². The summed E-state index contributed by atoms with van der Waals surface area (Å²) in [4.78, 5) is 11.1. The SMILES string of the molecule is CCCCCCCC#Cc1ccc(NS(=O)(=O)/N=C/C(CC(=O)O)C[N+](C)(C)C)cc1. The first-order valence-corrected chi connectivity index (χ1v) is 12.1. The Hall–Kier alpha value is -2.37. The van der Waals surface area contributed by atoms with Gasteiger partial charge in [-0.2, -0.15) is 12.8 Å². The molecule has 0 amide bonds. The van der Waals surface area contributed by atoms with Gasteiger partial charge in [-0.1, -0.05) is 44.4 Å². The quantitative estimate of drug-likeness (QED) is 0.206. The Morgan fingerprint density at radius 3 is 2.39 bits per heavy atom. The number of nitrogens with one attached hydrogen (secondary N) is 1. The summed E-state index contributed by atoms with van der Waals surface area (Å²) in [7, 11) is 1.74. The minimum absolute atomic E-state index is 0.180. The highest BCUT2D eigenvalue weighted by molar-refractivity contribution is 7.91. The van der Waals surface area contributed by atoms with E-state index >= 15 is 0 Å². The van der Waals surface area contributed by atoms with Gasteiger partial charge < -0.3 is 9.59 Å². The molecule has 0 spiro atoms. The third-order valence-electron chi connectivity index (χ3n) is 4.40. The first-order chi connectivity index (χ1) is 14.5. The molecule has 1 aromatic carbocycles. The number of carbonyl (C=O) groups is 1. The summed E-state index contributed by atoms with van der Waals surface area (Å²) >= 11 is 0. The number of hydrogen-bond donors (Lipinski definition) is 2. The summed E-state index contributed by atoms with van der Waals surface area (Å²) in [6.07, 6.45) is 7.93. The highest BCUT2D eigenvalue weighted by atomic mass is 32.2. The number of carboxylic acids is 1. The average molecular weight is 451 g/mol. The molecule has 0 saturated heterocycles. The zero-order valence-corrected chi connectivity index (χ0v) is 19.9. The molecule has 0 radical (unpaired) electrons. The fourth-order valence-electron chi connectivity index (χ4n) is 3.04. The van der Waals surface area contributed by atoms with E-state index < -0.39 is 22.1 Å². The molecule has 0 fully saturated rings. The van der Waals surface area contributed by atoms with Gasteiger partial charge in [-0.3, -0.25) is 9.52 Å². The van der Waals surface area contributed by atoms with E-state index in [0.29, 0.717) is 16.7 Å². The monoisotopic (exact) mass is 450 g/mol. The maximum absolute atomic E-state index is 12.3. The molecule has 0 aliphatic heterocycles. The molecule has 172 valence electrons. The Balaban J connectivity index is 2.66. The van der Waals surface area contributed by atoms with E-state index in [1.54, 1.807) is 24.3 Å². The van der Waals surface area contributed by atoms with Crippen LogP contribution < -0.4 is 4.72 Å². The summed E-state index contributed by atoms with van der Waals surface area (Å²) in [5.41, 5.74) is 1.20. The molecule has 0 bridgehead atoms. The van der Waals surface area contributed by atoms with Crippen molar-refractivity contribution in [2.75, 3.05) is 32.4 Å². The number of anilines is 1. The van der Waals surface area contributed by atoms with Gasteiger partial charge in [0.05, 0.1) is 45.7 Å². The van der Waals surface area contributed by atoms with Crippen LogP contribution in [0.1, 0.15) is 57.4 Å². The molecule has 0 heterocycles. The van der Waals surface area contributed by atoms with Gasteiger partial charge in [0, 0.05) is 18.2 Å². The van der Waals surface area contributed by atoms with Crippen molar-refractivity contribution < 1.29 is 22.8 Å². The Kier molecular flexibility index (Phi) is 11.3. The smallest absolute Gasteiger partial charge is 0.341 e. The second-order valence-corrected chi connectivity index (χ2v) is 10.1. The van der Waals surface area contributed by atoms with Gasteiger partial charge in [0.25, 0.3) is 0 Å². The van der Waals surface area contributed by atoms with Crippen molar-refractivity contribution in [1.82, 2.24) is 0 Å². The molecule has 31 heavy (non-hydrogen) atoms. The number of aliphatic carboxylic acids is 1. The molecule has 8 heteroatoms. The molecule has 2 N–H and O–H groups in total. The molecule has 0 aliphatic carbocycles. The van der Waals surface area contributed by atoms with E-state index in [1.165, 1.54) is 31.9 Å². The van der Waals surface area contributed by atoms with Crippen molar-refractivity contribution in [1.29, 1.82) is 0 Å². The molecule has 0 aromatic heterocycles. The van der Waals surface area contributed by atoms with Crippen LogP contribution in [0.5, 0.6) is 0 Å². The van der Waals surface area contributed by atoms with E-state index in [-0.39, 0.29) is 6.42 Å². The number of hydrogen-bond acceptors (Lipinski definition) is 3. The third kappa shape index (κ3) is 13.5. The number of rotatable bonds is 13. The van der Waals surface area contributed by atoms with Crippen molar-refractivity contribution in [3.05, 3.63) is 29.8 Å². The zero-order chi connectivity index (χ0) is 23.3. The minimum Gasteiger partial charge on any atom is -0.481 e. The van der Waals surface area contributed by atoms with Crippen molar-refractivity contribution in [2.24, 2.45) is 10.3 Å². The van der Waals surface area contributed by atoms with Crippen LogP contribution in [0.25, 0.3) is 0 Å². The maximum Gasteiger partial charge on any atom is 0.341 e. The summed E-state index contributed by atoms with van der Waals surface area (Å²) < 4.78 is 31.1. The van der Waals surface area contributed by atoms with Crippen molar-refractivity contribution in [2.45, 2.75) is 51.9 Å². The minimum atomic E-state index is -3.98. The van der Waals surface area contributed by atoms with Crippen LogP contribution in [0.4, 0.5) is 5.69 Å². The zero-order valence-electron chi connectivity index (χ0n) is 19.1. The van der Waals surface area contributed by atoms with Gasteiger partial charge in [-0.25, -0.2) is 0 Å². The topological polar surface area (TPSA) is 95.8 Å². The van der Waals surface area contributed by atoms with Crippen LogP contribution in [-0.4, -0.2) is 57.9 Å². The van der Waals surface area contributed by atoms with Crippen LogP contribution in [0.3, 0.4) is 0 Å². The van der Waals surface area contributed by atoms with Gasteiger partial charge in [-0.05, 0) is 30.7 Å². The van der Waals surface area contributed by atoms with Crippen molar-refractivity contribution >= 4 is 28.1 Å². The number of benzene rings is 1. The molecular weight excluding hydrogens is 414 g/mol. The first kappa shape index (κ1) is 26.7. The number of unbranched alkanes of at least 4 members (excludes halogenated alkanes) is 5. The van der Waals surface area contributed by atoms with Gasteiger partial charge in [0.15, 0.2) is 0 Å². The molecule has 0 aliphatic rings. The molecule has 1 unspecified atom stereocenters. The van der Waals surface area contributed by atoms with Gasteiger partial charge in [0.2, 0.25) is 0 Å². The average Bonchev–Trinajstić information content (AvgIpc) is 2.65. The van der Waals surface area contributed by atoms with E-state index in [4.69, 9.17) is 5.11 Å². The number of carboxylic acid groups (broad SMARTS) is 1. The lowest BCUT2D eigenvalue weighted by Crippen LogP contribution is -2.40. The molecular formula is C23H36N3O4S+. The van der Waals surface area contributed by atoms with E-state index in [0.717, 1.165) is 18.4 Å². The summed E-state index contributed by atoms with van der Waals surface area (Å²) in [5.74, 6) is 4.76. The molecule has 1 atom stereocenters. The molecule has 7 nitrogen and oxygen atoms in total. The fraction of sp³-hybridized carbons (Fsp3) is 0.565. The lowest BCUT2D eigenvalue weighted by Gasteiger charge is -2.26. The predicted octanol–water partition coefficient (Wildman–Crippen LogP) is 3.92. The number of nitrogens with zero attached hydrogens (tertiary/aromatic N) is 2. The normalized spacial score (nSPS) is 12.9. The maximum atomic E-state index is 12.3. The molecule has 1 aromatic rings. The van der Waals surface area contributed by atoms with E-state index in [2.05, 4.69) is 27.9 Å². The van der Waals surface area contributed by atoms with Crippen molar-refractivity contribution in [3.63, 3.8) is 0 Å². The third-order valence-corrected chi connectivity index (χ3v) is 5.29.